The minimum atomic E-state index is -0.126. The zero-order valence-corrected chi connectivity index (χ0v) is 11.6. The fourth-order valence-corrected chi connectivity index (χ4v) is 2.09. The number of benzene rings is 1. The minimum absolute atomic E-state index is 0.126. The van der Waals surface area contributed by atoms with Crippen molar-refractivity contribution >= 4 is 34.8 Å². The van der Waals surface area contributed by atoms with Gasteiger partial charge >= 0.3 is 0 Å². The molecule has 2 rings (SSSR count). The van der Waals surface area contributed by atoms with Crippen molar-refractivity contribution in [3.63, 3.8) is 0 Å². The fourth-order valence-electron chi connectivity index (χ4n) is 1.64. The third-order valence-corrected chi connectivity index (χ3v) is 3.17. The van der Waals surface area contributed by atoms with Crippen molar-refractivity contribution in [3.8, 4) is 0 Å². The van der Waals surface area contributed by atoms with Gasteiger partial charge in [0, 0.05) is 18.8 Å². The van der Waals surface area contributed by atoms with Crippen LogP contribution in [0.1, 0.15) is 12.0 Å². The summed E-state index contributed by atoms with van der Waals surface area (Å²) < 4.78 is 0. The van der Waals surface area contributed by atoms with Gasteiger partial charge < -0.3 is 5.32 Å². The predicted molar refractivity (Wildman–Crippen MR) is 77.6 cm³/mol. The van der Waals surface area contributed by atoms with Gasteiger partial charge in [0.05, 0.1) is 15.7 Å². The van der Waals surface area contributed by atoms with E-state index in [9.17, 15) is 4.79 Å². The first-order chi connectivity index (χ1) is 9.16. The topological polar surface area (TPSA) is 42.0 Å². The molecule has 1 aromatic heterocycles. The van der Waals surface area contributed by atoms with Crippen LogP contribution in [0.2, 0.25) is 10.0 Å². The first kappa shape index (κ1) is 13.8. The Morgan fingerprint density at radius 2 is 1.74 bits per heavy atom. The van der Waals surface area contributed by atoms with Crippen LogP contribution in [0.15, 0.2) is 42.7 Å². The highest BCUT2D eigenvalue weighted by molar-refractivity contribution is 6.39. The fraction of sp³-hybridized carbons (Fsp3) is 0.143. The summed E-state index contributed by atoms with van der Waals surface area (Å²) in [5, 5.41) is 3.37. The summed E-state index contributed by atoms with van der Waals surface area (Å²) in [6, 6.07) is 9.81. The lowest BCUT2D eigenvalue weighted by Gasteiger charge is -2.08. The number of hydrogen-bond donors (Lipinski definition) is 1. The Bertz CT molecular complexity index is 553. The molecule has 0 unspecified atom stereocenters. The standard InChI is InChI=1S/C14H12Cl2N2O/c15-11-8-17-9-12(16)14(11)18-13(19)7-6-10-4-2-1-3-5-10/h1-5,8-9H,6-7H2,(H,17,18,19). The number of rotatable bonds is 4. The zero-order chi connectivity index (χ0) is 13.7. The van der Waals surface area contributed by atoms with Crippen molar-refractivity contribution in [2.45, 2.75) is 12.8 Å². The molecule has 0 bridgehead atoms. The summed E-state index contributed by atoms with van der Waals surface area (Å²) in [6.45, 7) is 0. The molecule has 5 heteroatoms. The molecule has 0 aliphatic rings. The number of pyridine rings is 1. The van der Waals surface area contributed by atoms with E-state index in [1.54, 1.807) is 0 Å². The lowest BCUT2D eigenvalue weighted by molar-refractivity contribution is -0.116. The quantitative estimate of drug-likeness (QED) is 0.927. The van der Waals surface area contributed by atoms with Crippen molar-refractivity contribution in [2.24, 2.45) is 0 Å². The van der Waals surface area contributed by atoms with Crippen molar-refractivity contribution in [2.75, 3.05) is 5.32 Å². The molecule has 0 spiro atoms. The molecule has 98 valence electrons. The van der Waals surface area contributed by atoms with E-state index in [1.807, 2.05) is 30.3 Å². The van der Waals surface area contributed by atoms with Gasteiger partial charge in [-0.15, -0.1) is 0 Å². The largest absolute Gasteiger partial charge is 0.323 e. The number of aromatic nitrogens is 1. The molecule has 1 aromatic carbocycles. The molecule has 3 nitrogen and oxygen atoms in total. The Labute approximate surface area is 121 Å². The van der Waals surface area contributed by atoms with Crippen LogP contribution in [-0.4, -0.2) is 10.9 Å². The minimum Gasteiger partial charge on any atom is -0.323 e. The normalized spacial score (nSPS) is 10.2. The first-order valence-electron chi connectivity index (χ1n) is 5.79. The van der Waals surface area contributed by atoms with Crippen LogP contribution in [-0.2, 0) is 11.2 Å². The highest BCUT2D eigenvalue weighted by Crippen LogP contribution is 2.28. The molecular weight excluding hydrogens is 283 g/mol. The second kappa shape index (κ2) is 6.55. The van der Waals surface area contributed by atoms with Gasteiger partial charge in [0.15, 0.2) is 0 Å². The Balaban J connectivity index is 1.95. The lowest BCUT2D eigenvalue weighted by Crippen LogP contribution is -2.13. The van der Waals surface area contributed by atoms with Gasteiger partial charge in [-0.25, -0.2) is 0 Å². The SMILES string of the molecule is O=C(CCc1ccccc1)Nc1c(Cl)cncc1Cl. The maximum absolute atomic E-state index is 11.8. The second-order valence-corrected chi connectivity index (χ2v) is 4.83. The van der Waals surface area contributed by atoms with Crippen molar-refractivity contribution in [3.05, 3.63) is 58.3 Å². The zero-order valence-electron chi connectivity index (χ0n) is 10.1. The van der Waals surface area contributed by atoms with E-state index in [4.69, 9.17) is 23.2 Å². The highest BCUT2D eigenvalue weighted by Gasteiger charge is 2.10. The summed E-state index contributed by atoms with van der Waals surface area (Å²) in [5.74, 6) is -0.126. The van der Waals surface area contributed by atoms with E-state index < -0.39 is 0 Å². The van der Waals surface area contributed by atoms with Gasteiger partial charge in [-0.05, 0) is 12.0 Å². The van der Waals surface area contributed by atoms with Crippen LogP contribution in [0.25, 0.3) is 0 Å². The van der Waals surface area contributed by atoms with Gasteiger partial charge in [-0.3, -0.25) is 9.78 Å². The maximum atomic E-state index is 11.8. The number of hydrogen-bond acceptors (Lipinski definition) is 2. The highest BCUT2D eigenvalue weighted by atomic mass is 35.5. The number of carbonyl (C=O) groups excluding carboxylic acids is 1. The third-order valence-electron chi connectivity index (χ3n) is 2.60. The third kappa shape index (κ3) is 3.94. The summed E-state index contributed by atoms with van der Waals surface area (Å²) in [6.07, 6.45) is 3.94. The maximum Gasteiger partial charge on any atom is 0.224 e. The molecule has 0 saturated carbocycles. The number of amides is 1. The van der Waals surface area contributed by atoms with E-state index in [1.165, 1.54) is 12.4 Å². The Hall–Kier alpha value is -1.58. The van der Waals surface area contributed by atoms with E-state index in [0.29, 0.717) is 28.6 Å². The number of carbonyl (C=O) groups is 1. The smallest absolute Gasteiger partial charge is 0.224 e. The van der Waals surface area contributed by atoms with Gasteiger partial charge in [0.2, 0.25) is 5.91 Å². The van der Waals surface area contributed by atoms with Gasteiger partial charge in [-0.2, -0.15) is 0 Å². The molecule has 0 aliphatic heterocycles. The predicted octanol–water partition coefficient (Wildman–Crippen LogP) is 3.96. The summed E-state index contributed by atoms with van der Waals surface area (Å²) in [5.41, 5.74) is 1.53. The number of nitrogens with zero attached hydrogens (tertiary/aromatic N) is 1. The number of anilines is 1. The van der Waals surface area contributed by atoms with Crippen LogP contribution in [0, 0.1) is 0 Å². The molecule has 19 heavy (non-hydrogen) atoms. The number of halogens is 2. The van der Waals surface area contributed by atoms with Crippen molar-refractivity contribution in [1.82, 2.24) is 4.98 Å². The van der Waals surface area contributed by atoms with E-state index >= 15 is 0 Å². The first-order valence-corrected chi connectivity index (χ1v) is 6.55. The molecular formula is C14H12Cl2N2O. The van der Waals surface area contributed by atoms with Crippen molar-refractivity contribution < 1.29 is 4.79 Å². The summed E-state index contributed by atoms with van der Waals surface area (Å²) in [4.78, 5) is 15.7. The molecule has 0 aliphatic carbocycles. The number of nitrogens with one attached hydrogen (secondary N) is 1. The molecule has 2 aromatic rings. The van der Waals surface area contributed by atoms with Gasteiger partial charge in [-0.1, -0.05) is 53.5 Å². The molecule has 1 heterocycles. The Morgan fingerprint density at radius 3 is 2.37 bits per heavy atom. The van der Waals surface area contributed by atoms with Gasteiger partial charge in [0.25, 0.3) is 0 Å². The van der Waals surface area contributed by atoms with E-state index in [0.717, 1.165) is 5.56 Å². The summed E-state index contributed by atoms with van der Waals surface area (Å²) >= 11 is 11.9. The molecule has 1 N–H and O–H groups in total. The van der Waals surface area contributed by atoms with Crippen LogP contribution in [0.3, 0.4) is 0 Å². The van der Waals surface area contributed by atoms with Gasteiger partial charge in [0.1, 0.15) is 0 Å². The Morgan fingerprint density at radius 1 is 1.11 bits per heavy atom. The van der Waals surface area contributed by atoms with Crippen LogP contribution in [0.4, 0.5) is 5.69 Å². The molecule has 0 atom stereocenters. The average Bonchev–Trinajstić information content (AvgIpc) is 2.42. The monoisotopic (exact) mass is 294 g/mol. The molecule has 1 amide bonds. The average molecular weight is 295 g/mol. The van der Waals surface area contributed by atoms with E-state index in [2.05, 4.69) is 10.3 Å². The van der Waals surface area contributed by atoms with Crippen LogP contribution < -0.4 is 5.32 Å². The molecule has 0 radical (unpaired) electrons. The van der Waals surface area contributed by atoms with E-state index in [-0.39, 0.29) is 5.91 Å². The molecule has 0 saturated heterocycles. The van der Waals surface area contributed by atoms with Crippen LogP contribution in [0.5, 0.6) is 0 Å². The summed E-state index contributed by atoms with van der Waals surface area (Å²) in [7, 11) is 0. The van der Waals surface area contributed by atoms with Crippen LogP contribution >= 0.6 is 23.2 Å². The second-order valence-electron chi connectivity index (χ2n) is 4.01. The molecule has 0 fully saturated rings. The number of aryl methyl sites for hydroxylation is 1. The Kier molecular flexibility index (Phi) is 4.77. The lowest BCUT2D eigenvalue weighted by atomic mass is 10.1. The van der Waals surface area contributed by atoms with Crippen molar-refractivity contribution in [1.29, 1.82) is 0 Å².